The minimum Gasteiger partial charge on any atom is -0.478 e. The number of halogens is 2. The van der Waals surface area contributed by atoms with Crippen molar-refractivity contribution >= 4 is 36.0 Å². The van der Waals surface area contributed by atoms with E-state index in [1.807, 2.05) is 27.7 Å². The number of carbonyl (C=O) groups is 2. The van der Waals surface area contributed by atoms with E-state index in [1.54, 1.807) is 0 Å². The number of hydrogen-bond acceptors (Lipinski definition) is 5. The molecule has 1 saturated heterocycles. The lowest BCUT2D eigenvalue weighted by Crippen LogP contribution is -2.41. The Labute approximate surface area is 161 Å². The molecule has 0 atom stereocenters. The van der Waals surface area contributed by atoms with Gasteiger partial charge in [-0.05, 0) is 45.3 Å². The van der Waals surface area contributed by atoms with Crippen molar-refractivity contribution in [2.24, 2.45) is 0 Å². The van der Waals surface area contributed by atoms with E-state index < -0.39 is 47.1 Å². The summed E-state index contributed by atoms with van der Waals surface area (Å²) in [4.78, 5) is 22.3. The molecule has 5 nitrogen and oxygen atoms in total. The van der Waals surface area contributed by atoms with Crippen LogP contribution < -0.4 is 0 Å². The van der Waals surface area contributed by atoms with E-state index >= 15 is 0 Å². The molecule has 0 bridgehead atoms. The SMILES string of the molecule is CC(=O)SCC(=Cc1c(F)cc(C(=O)O)cc1F)B1OC(C)(C)C(C)(C)O1. The minimum atomic E-state index is -1.43. The minimum absolute atomic E-state index is 0.117. The van der Waals surface area contributed by atoms with E-state index in [1.165, 1.54) is 13.0 Å². The number of carboxylic acid groups (broad SMARTS) is 1. The fraction of sp³-hybridized carbons (Fsp3) is 0.444. The second-order valence-electron chi connectivity index (χ2n) is 7.25. The van der Waals surface area contributed by atoms with E-state index in [4.69, 9.17) is 14.4 Å². The first-order valence-electron chi connectivity index (χ1n) is 8.26. The molecule has 0 radical (unpaired) electrons. The summed E-state index contributed by atoms with van der Waals surface area (Å²) >= 11 is 0.959. The third-order valence-electron chi connectivity index (χ3n) is 4.65. The first kappa shape index (κ1) is 21.6. The zero-order valence-electron chi connectivity index (χ0n) is 15.8. The Morgan fingerprint density at radius 1 is 1.15 bits per heavy atom. The van der Waals surface area contributed by atoms with Crippen LogP contribution in [-0.4, -0.2) is 40.3 Å². The summed E-state index contributed by atoms with van der Waals surface area (Å²) in [6.45, 7) is 8.74. The van der Waals surface area contributed by atoms with Gasteiger partial charge in [-0.3, -0.25) is 4.79 Å². The van der Waals surface area contributed by atoms with Crippen LogP contribution in [0.15, 0.2) is 17.6 Å². The van der Waals surface area contributed by atoms with E-state index in [-0.39, 0.29) is 10.9 Å². The van der Waals surface area contributed by atoms with Gasteiger partial charge in [0.05, 0.1) is 16.8 Å². The molecule has 1 fully saturated rings. The average Bonchev–Trinajstić information content (AvgIpc) is 2.73. The Morgan fingerprint density at radius 3 is 2.04 bits per heavy atom. The maximum absolute atomic E-state index is 14.3. The fourth-order valence-corrected chi connectivity index (χ4v) is 2.98. The van der Waals surface area contributed by atoms with Crippen LogP contribution in [0.4, 0.5) is 8.78 Å². The maximum Gasteiger partial charge on any atom is 0.491 e. The summed E-state index contributed by atoms with van der Waals surface area (Å²) in [5.41, 5.74) is -1.86. The number of aromatic carboxylic acids is 1. The monoisotopic (exact) mass is 398 g/mol. The van der Waals surface area contributed by atoms with Crippen LogP contribution in [0, 0.1) is 11.6 Å². The van der Waals surface area contributed by atoms with Crippen molar-refractivity contribution < 1.29 is 32.8 Å². The van der Waals surface area contributed by atoms with Gasteiger partial charge in [-0.1, -0.05) is 17.8 Å². The van der Waals surface area contributed by atoms with Crippen LogP contribution in [0.1, 0.15) is 50.5 Å². The summed E-state index contributed by atoms with van der Waals surface area (Å²) in [6.07, 6.45) is 1.22. The zero-order valence-corrected chi connectivity index (χ0v) is 16.6. The molecule has 27 heavy (non-hydrogen) atoms. The molecule has 0 aromatic heterocycles. The maximum atomic E-state index is 14.3. The fourth-order valence-electron chi connectivity index (χ4n) is 2.39. The number of rotatable bonds is 5. The molecule has 9 heteroatoms. The molecule has 1 heterocycles. The molecule has 0 spiro atoms. The quantitative estimate of drug-likeness (QED) is 0.758. The number of thioether (sulfide) groups is 1. The second-order valence-corrected chi connectivity index (χ2v) is 8.40. The van der Waals surface area contributed by atoms with Gasteiger partial charge in [0.25, 0.3) is 0 Å². The number of hydrogen-bond donors (Lipinski definition) is 1. The van der Waals surface area contributed by atoms with Crippen molar-refractivity contribution in [3.05, 3.63) is 40.4 Å². The van der Waals surface area contributed by atoms with Crippen molar-refractivity contribution in [3.63, 3.8) is 0 Å². The van der Waals surface area contributed by atoms with Crippen LogP contribution >= 0.6 is 11.8 Å². The topological polar surface area (TPSA) is 72.8 Å². The smallest absolute Gasteiger partial charge is 0.478 e. The molecular formula is C18H21BF2O5S. The summed E-state index contributed by atoms with van der Waals surface area (Å²) in [6, 6.07) is 1.49. The molecule has 1 aromatic rings. The average molecular weight is 398 g/mol. The van der Waals surface area contributed by atoms with Crippen LogP contribution in [0.3, 0.4) is 0 Å². The van der Waals surface area contributed by atoms with Gasteiger partial charge in [-0.15, -0.1) is 0 Å². The van der Waals surface area contributed by atoms with Crippen molar-refractivity contribution in [2.75, 3.05) is 5.75 Å². The lowest BCUT2D eigenvalue weighted by atomic mass is 9.78. The normalized spacial score (nSPS) is 18.6. The molecular weight excluding hydrogens is 377 g/mol. The largest absolute Gasteiger partial charge is 0.491 e. The van der Waals surface area contributed by atoms with Crippen molar-refractivity contribution in [1.29, 1.82) is 0 Å². The van der Waals surface area contributed by atoms with E-state index in [2.05, 4.69) is 0 Å². The third-order valence-corrected chi connectivity index (χ3v) is 5.54. The molecule has 0 unspecified atom stereocenters. The van der Waals surface area contributed by atoms with Gasteiger partial charge in [0.1, 0.15) is 11.6 Å². The first-order valence-corrected chi connectivity index (χ1v) is 9.24. The van der Waals surface area contributed by atoms with Gasteiger partial charge in [0.15, 0.2) is 5.12 Å². The predicted molar refractivity (Wildman–Crippen MR) is 101 cm³/mol. The van der Waals surface area contributed by atoms with Gasteiger partial charge in [0, 0.05) is 18.2 Å². The molecule has 2 rings (SSSR count). The van der Waals surface area contributed by atoms with Crippen molar-refractivity contribution in [3.8, 4) is 0 Å². The van der Waals surface area contributed by atoms with E-state index in [0.29, 0.717) is 5.47 Å². The number of benzene rings is 1. The Balaban J connectivity index is 2.46. The van der Waals surface area contributed by atoms with E-state index in [9.17, 15) is 18.4 Å². The summed E-state index contributed by atoms with van der Waals surface area (Å²) in [7, 11) is -0.889. The molecule has 146 valence electrons. The van der Waals surface area contributed by atoms with Crippen LogP contribution in [0.5, 0.6) is 0 Å². The Morgan fingerprint density at radius 2 is 1.63 bits per heavy atom. The molecule has 0 aliphatic carbocycles. The molecule has 1 aliphatic heterocycles. The molecule has 0 saturated carbocycles. The molecule has 1 N–H and O–H groups in total. The van der Waals surface area contributed by atoms with Gasteiger partial charge in [-0.25, -0.2) is 13.6 Å². The van der Waals surface area contributed by atoms with Gasteiger partial charge >= 0.3 is 13.1 Å². The Hall–Kier alpha value is -1.71. The predicted octanol–water partition coefficient (Wildman–Crippen LogP) is 3.96. The van der Waals surface area contributed by atoms with Crippen molar-refractivity contribution in [1.82, 2.24) is 0 Å². The summed E-state index contributed by atoms with van der Waals surface area (Å²) < 4.78 is 40.5. The summed E-state index contributed by atoms with van der Waals surface area (Å²) in [5, 5.41) is 8.74. The van der Waals surface area contributed by atoms with Crippen LogP contribution in [-0.2, 0) is 14.1 Å². The number of carboxylic acids is 1. The van der Waals surface area contributed by atoms with Crippen LogP contribution in [0.25, 0.3) is 6.08 Å². The van der Waals surface area contributed by atoms with Gasteiger partial charge < -0.3 is 14.4 Å². The lowest BCUT2D eigenvalue weighted by molar-refractivity contribution is -0.109. The second kappa shape index (κ2) is 7.73. The van der Waals surface area contributed by atoms with Gasteiger partial charge in [0.2, 0.25) is 0 Å². The van der Waals surface area contributed by atoms with Crippen molar-refractivity contribution in [2.45, 2.75) is 45.8 Å². The number of carbonyl (C=O) groups excluding carboxylic acids is 1. The Bertz CT molecular complexity index is 768. The molecule has 1 aliphatic rings. The van der Waals surface area contributed by atoms with E-state index in [0.717, 1.165) is 23.9 Å². The highest BCUT2D eigenvalue weighted by Gasteiger charge is 2.52. The zero-order chi connectivity index (χ0) is 20.6. The third kappa shape index (κ3) is 4.77. The molecule has 0 amide bonds. The first-order chi connectivity index (χ1) is 12.3. The Kier molecular flexibility index (Phi) is 6.18. The highest BCUT2D eigenvalue weighted by Crippen LogP contribution is 2.39. The standard InChI is InChI=1S/C18H21BF2O5S/c1-10(22)27-9-12(19-25-17(2,3)18(4,5)26-19)8-13-14(20)6-11(16(23)24)7-15(13)21/h6-8H,9H2,1-5H3,(H,23,24). The summed E-state index contributed by atoms with van der Waals surface area (Å²) in [5.74, 6) is -3.35. The van der Waals surface area contributed by atoms with Crippen LogP contribution in [0.2, 0.25) is 0 Å². The lowest BCUT2D eigenvalue weighted by Gasteiger charge is -2.32. The highest BCUT2D eigenvalue weighted by atomic mass is 32.2. The highest BCUT2D eigenvalue weighted by molar-refractivity contribution is 8.13. The molecule has 1 aromatic carbocycles. The van der Waals surface area contributed by atoms with Gasteiger partial charge in [-0.2, -0.15) is 0 Å².